The maximum Gasteiger partial charge on any atom is 0.121 e. The Kier molecular flexibility index (Phi) is 19.6. The first-order valence-corrected chi connectivity index (χ1v) is 14.4. The van der Waals surface area contributed by atoms with Crippen molar-refractivity contribution in [2.75, 3.05) is 47.1 Å². The highest BCUT2D eigenvalue weighted by Gasteiger charge is 2.14. The number of likely N-dealkylation sites (tertiary alicyclic amines) is 1. The monoisotopic (exact) mass is 570 g/mol. The first-order valence-electron chi connectivity index (χ1n) is 14.4. The Morgan fingerprint density at radius 1 is 1.22 bits per heavy atom. The molecular formula is C33H51FN4O3. The summed E-state index contributed by atoms with van der Waals surface area (Å²) in [5, 5.41) is 3.31. The Morgan fingerprint density at radius 3 is 2.66 bits per heavy atom. The molecule has 3 heterocycles. The van der Waals surface area contributed by atoms with Crippen molar-refractivity contribution in [3.63, 3.8) is 0 Å². The zero-order chi connectivity index (χ0) is 30.3. The number of ether oxygens (including phenoxy) is 3. The van der Waals surface area contributed by atoms with Gasteiger partial charge in [0.15, 0.2) is 0 Å². The molecule has 1 N–H and O–H groups in total. The van der Waals surface area contributed by atoms with Crippen LogP contribution < -0.4 is 5.32 Å². The van der Waals surface area contributed by atoms with E-state index in [4.69, 9.17) is 14.2 Å². The van der Waals surface area contributed by atoms with E-state index < -0.39 is 6.17 Å². The molecule has 2 unspecified atom stereocenters. The van der Waals surface area contributed by atoms with Crippen molar-refractivity contribution in [1.29, 1.82) is 0 Å². The number of hydrogen-bond donors (Lipinski definition) is 1. The zero-order valence-corrected chi connectivity index (χ0v) is 25.8. The van der Waals surface area contributed by atoms with Crippen molar-refractivity contribution >= 4 is 12.2 Å². The van der Waals surface area contributed by atoms with Crippen LogP contribution in [0.4, 0.5) is 4.39 Å². The number of aromatic nitrogens is 2. The van der Waals surface area contributed by atoms with Crippen LogP contribution in [-0.4, -0.2) is 74.1 Å². The standard InChI is InChI=1S/C17H25N3O2.C14H22FNO.C2H4/c1-15(22-10-5-9-20-7-3-4-8-20)12-17-16(6-11-21-2)13-18-14-19-17;1-11-7-6-8-13(12(2)15)14(16-11)9-4-5-10-17-3;1-2/h6,11-14H,3-5,7-10H2,1-2H3;4,6-7,9,11-12,16H,5,8,10H2,1-3H3;1-2H2/b11-6+,15-12+;;. The van der Waals surface area contributed by atoms with Gasteiger partial charge in [0.05, 0.1) is 31.4 Å². The molecule has 228 valence electrons. The highest BCUT2D eigenvalue weighted by molar-refractivity contribution is 5.61. The van der Waals surface area contributed by atoms with E-state index in [9.17, 15) is 4.39 Å². The van der Waals surface area contributed by atoms with Gasteiger partial charge in [-0.3, -0.25) is 0 Å². The highest BCUT2D eigenvalue weighted by atomic mass is 19.1. The molecular weight excluding hydrogens is 519 g/mol. The zero-order valence-electron chi connectivity index (χ0n) is 25.8. The molecule has 0 spiro atoms. The maximum atomic E-state index is 13.5. The van der Waals surface area contributed by atoms with Gasteiger partial charge in [-0.1, -0.05) is 18.2 Å². The van der Waals surface area contributed by atoms with Crippen LogP contribution in [0.25, 0.3) is 12.2 Å². The lowest BCUT2D eigenvalue weighted by molar-refractivity contribution is 0.195. The van der Waals surface area contributed by atoms with Crippen molar-refractivity contribution in [2.24, 2.45) is 0 Å². The molecule has 1 aromatic rings. The number of nitrogens with one attached hydrogen (secondary N) is 1. The third kappa shape index (κ3) is 15.4. The van der Waals surface area contributed by atoms with Crippen molar-refractivity contribution in [1.82, 2.24) is 20.2 Å². The van der Waals surface area contributed by atoms with Gasteiger partial charge in [0.25, 0.3) is 0 Å². The minimum Gasteiger partial charge on any atom is -0.504 e. The third-order valence-corrected chi connectivity index (χ3v) is 6.39. The summed E-state index contributed by atoms with van der Waals surface area (Å²) in [7, 11) is 3.29. The van der Waals surface area contributed by atoms with Crippen LogP contribution in [-0.2, 0) is 14.2 Å². The van der Waals surface area contributed by atoms with Crippen molar-refractivity contribution in [2.45, 2.75) is 65.1 Å². The van der Waals surface area contributed by atoms with Crippen LogP contribution >= 0.6 is 0 Å². The summed E-state index contributed by atoms with van der Waals surface area (Å²) in [4.78, 5) is 10.8. The normalized spacial score (nSPS) is 18.3. The average molecular weight is 571 g/mol. The molecule has 41 heavy (non-hydrogen) atoms. The van der Waals surface area contributed by atoms with Gasteiger partial charge in [-0.05, 0) is 83.7 Å². The summed E-state index contributed by atoms with van der Waals surface area (Å²) >= 11 is 0. The van der Waals surface area contributed by atoms with E-state index in [2.05, 4.69) is 46.3 Å². The second-order valence-corrected chi connectivity index (χ2v) is 9.71. The first-order chi connectivity index (χ1) is 19.9. The van der Waals surface area contributed by atoms with Crippen molar-refractivity contribution in [3.05, 3.63) is 84.5 Å². The Labute approximate surface area is 247 Å². The van der Waals surface area contributed by atoms with Crippen LogP contribution in [0.15, 0.2) is 73.3 Å². The molecule has 2 aliphatic heterocycles. The van der Waals surface area contributed by atoms with E-state index in [1.807, 2.05) is 37.3 Å². The molecule has 0 saturated carbocycles. The molecule has 0 aliphatic carbocycles. The third-order valence-electron chi connectivity index (χ3n) is 6.39. The fraction of sp³-hybridized carbons (Fsp3) is 0.515. The largest absolute Gasteiger partial charge is 0.504 e. The number of allylic oxidation sites excluding steroid dienone is 4. The summed E-state index contributed by atoms with van der Waals surface area (Å²) in [6.45, 7) is 16.7. The molecule has 8 heteroatoms. The van der Waals surface area contributed by atoms with Crippen LogP contribution in [0.1, 0.15) is 64.1 Å². The second kappa shape index (κ2) is 22.5. The average Bonchev–Trinajstić information content (AvgIpc) is 3.42. The number of alkyl halides is 1. The highest BCUT2D eigenvalue weighted by Crippen LogP contribution is 2.20. The summed E-state index contributed by atoms with van der Waals surface area (Å²) in [5.74, 6) is 0.868. The van der Waals surface area contributed by atoms with Gasteiger partial charge in [0.1, 0.15) is 12.5 Å². The van der Waals surface area contributed by atoms with Crippen LogP contribution in [0, 0.1) is 0 Å². The Morgan fingerprint density at radius 2 is 1.98 bits per heavy atom. The smallest absolute Gasteiger partial charge is 0.121 e. The Hall–Kier alpha value is -3.23. The molecule has 0 amide bonds. The number of rotatable bonds is 13. The van der Waals surface area contributed by atoms with Gasteiger partial charge in [0.2, 0.25) is 0 Å². The lowest BCUT2D eigenvalue weighted by Crippen LogP contribution is -2.23. The number of nitrogens with zero attached hydrogens (tertiary/aromatic N) is 3. The molecule has 3 rings (SSSR count). The lowest BCUT2D eigenvalue weighted by atomic mass is 10.1. The van der Waals surface area contributed by atoms with E-state index in [1.165, 1.54) is 32.3 Å². The Bertz CT molecular complexity index is 998. The summed E-state index contributed by atoms with van der Waals surface area (Å²) < 4.78 is 29.2. The summed E-state index contributed by atoms with van der Waals surface area (Å²) in [6, 6.07) is 0.244. The molecule has 1 aromatic heterocycles. The van der Waals surface area contributed by atoms with E-state index in [0.29, 0.717) is 13.0 Å². The lowest BCUT2D eigenvalue weighted by Gasteiger charge is -2.15. The first kappa shape index (κ1) is 35.8. The van der Waals surface area contributed by atoms with Gasteiger partial charge < -0.3 is 24.4 Å². The molecule has 0 radical (unpaired) electrons. The maximum absolute atomic E-state index is 13.5. The SMILES string of the molecule is C=C.CO/C=C/c1cncnc1/C=C(\C)OCCCN1CCCC1.COCCC=CC1=C(C(C)F)CC=CC(C)N1. The summed E-state index contributed by atoms with van der Waals surface area (Å²) in [6.07, 6.45) is 21.1. The predicted molar refractivity (Wildman–Crippen MR) is 169 cm³/mol. The van der Waals surface area contributed by atoms with Gasteiger partial charge in [-0.25, -0.2) is 14.4 Å². The van der Waals surface area contributed by atoms with Gasteiger partial charge in [0, 0.05) is 49.8 Å². The van der Waals surface area contributed by atoms with E-state index in [-0.39, 0.29) is 6.04 Å². The number of hydrogen-bond acceptors (Lipinski definition) is 7. The van der Waals surface area contributed by atoms with Crippen LogP contribution in [0.5, 0.6) is 0 Å². The molecule has 1 fully saturated rings. The van der Waals surface area contributed by atoms with Crippen LogP contribution in [0.3, 0.4) is 0 Å². The van der Waals surface area contributed by atoms with Crippen molar-refractivity contribution < 1.29 is 18.6 Å². The quantitative estimate of drug-likeness (QED) is 0.157. The Balaban J connectivity index is 0.000000399. The topological polar surface area (TPSA) is 68.7 Å². The summed E-state index contributed by atoms with van der Waals surface area (Å²) in [5.41, 5.74) is 3.47. The fourth-order valence-corrected chi connectivity index (χ4v) is 4.32. The second-order valence-electron chi connectivity index (χ2n) is 9.71. The van der Waals surface area contributed by atoms with Gasteiger partial charge >= 0.3 is 0 Å². The van der Waals surface area contributed by atoms with E-state index >= 15 is 0 Å². The minimum absolute atomic E-state index is 0.244. The molecule has 7 nitrogen and oxygen atoms in total. The number of methoxy groups -OCH3 is 2. The fourth-order valence-electron chi connectivity index (χ4n) is 4.32. The van der Waals surface area contributed by atoms with E-state index in [1.54, 1.807) is 33.6 Å². The number of halogens is 1. The molecule has 1 saturated heterocycles. The molecule has 0 aromatic carbocycles. The molecule has 2 atom stereocenters. The van der Waals surface area contributed by atoms with Crippen LogP contribution in [0.2, 0.25) is 0 Å². The predicted octanol–water partition coefficient (Wildman–Crippen LogP) is 6.89. The van der Waals surface area contributed by atoms with Crippen molar-refractivity contribution in [3.8, 4) is 0 Å². The van der Waals surface area contributed by atoms with Gasteiger partial charge in [-0.2, -0.15) is 0 Å². The van der Waals surface area contributed by atoms with E-state index in [0.717, 1.165) is 54.3 Å². The van der Waals surface area contributed by atoms with Gasteiger partial charge in [-0.15, -0.1) is 13.2 Å². The molecule has 0 bridgehead atoms. The molecule has 2 aliphatic rings. The minimum atomic E-state index is -0.917.